The van der Waals surface area contributed by atoms with E-state index in [-0.39, 0.29) is 18.4 Å². The molecule has 0 aromatic heterocycles. The standard InChI is InChI=1S/C11H19NO4/c13-10(7-3-4-8-11(14)15)12-16-9-5-1-2-6-9/h9H,1-8H2,(H,12,13)(H,14,15). The van der Waals surface area contributed by atoms with Crippen LogP contribution in [-0.2, 0) is 14.4 Å². The Morgan fingerprint density at radius 3 is 2.44 bits per heavy atom. The zero-order valence-corrected chi connectivity index (χ0v) is 9.41. The molecule has 0 aromatic rings. The lowest BCUT2D eigenvalue weighted by Crippen LogP contribution is -2.28. The molecule has 0 radical (unpaired) electrons. The number of hydrogen-bond acceptors (Lipinski definition) is 3. The van der Waals surface area contributed by atoms with E-state index in [1.807, 2.05) is 0 Å². The van der Waals surface area contributed by atoms with Crippen molar-refractivity contribution >= 4 is 11.9 Å². The van der Waals surface area contributed by atoms with Crippen LogP contribution in [0.2, 0.25) is 0 Å². The van der Waals surface area contributed by atoms with Crippen LogP contribution in [0.1, 0.15) is 51.4 Å². The Hall–Kier alpha value is -1.10. The molecule has 2 N–H and O–H groups in total. The number of nitrogens with one attached hydrogen (secondary N) is 1. The third kappa shape index (κ3) is 5.70. The van der Waals surface area contributed by atoms with Crippen molar-refractivity contribution in [3.63, 3.8) is 0 Å². The van der Waals surface area contributed by atoms with Gasteiger partial charge in [0.1, 0.15) is 0 Å². The van der Waals surface area contributed by atoms with Gasteiger partial charge >= 0.3 is 5.97 Å². The highest BCUT2D eigenvalue weighted by atomic mass is 16.7. The number of carboxylic acids is 1. The first-order valence-corrected chi connectivity index (χ1v) is 5.85. The molecule has 5 heteroatoms. The lowest BCUT2D eigenvalue weighted by molar-refractivity contribution is -0.139. The Kier molecular flexibility index (Phi) is 5.85. The van der Waals surface area contributed by atoms with Gasteiger partial charge in [0, 0.05) is 12.8 Å². The summed E-state index contributed by atoms with van der Waals surface area (Å²) >= 11 is 0. The molecule has 0 unspecified atom stereocenters. The van der Waals surface area contributed by atoms with Gasteiger partial charge in [-0.15, -0.1) is 0 Å². The molecule has 0 bridgehead atoms. The molecule has 0 saturated heterocycles. The highest BCUT2D eigenvalue weighted by Crippen LogP contribution is 2.19. The molecule has 0 aliphatic heterocycles. The van der Waals surface area contributed by atoms with Gasteiger partial charge in [-0.1, -0.05) is 12.8 Å². The maximum absolute atomic E-state index is 11.3. The van der Waals surface area contributed by atoms with Crippen molar-refractivity contribution in [2.75, 3.05) is 0 Å². The first kappa shape index (κ1) is 13.0. The SMILES string of the molecule is O=C(O)CCCCC(=O)NOC1CCCC1. The van der Waals surface area contributed by atoms with Crippen LogP contribution in [0.4, 0.5) is 0 Å². The summed E-state index contributed by atoms with van der Waals surface area (Å²) in [6, 6.07) is 0. The summed E-state index contributed by atoms with van der Waals surface area (Å²) in [6.45, 7) is 0. The first-order chi connectivity index (χ1) is 7.68. The van der Waals surface area contributed by atoms with E-state index in [0.717, 1.165) is 12.8 Å². The third-order valence-electron chi connectivity index (χ3n) is 2.69. The molecular weight excluding hydrogens is 210 g/mol. The van der Waals surface area contributed by atoms with Gasteiger partial charge in [-0.25, -0.2) is 5.48 Å². The summed E-state index contributed by atoms with van der Waals surface area (Å²) in [5, 5.41) is 8.40. The number of amides is 1. The van der Waals surface area contributed by atoms with E-state index in [0.29, 0.717) is 19.3 Å². The van der Waals surface area contributed by atoms with Gasteiger partial charge in [0.15, 0.2) is 0 Å². The van der Waals surface area contributed by atoms with Crippen LogP contribution in [0, 0.1) is 0 Å². The lowest BCUT2D eigenvalue weighted by Gasteiger charge is -2.10. The number of carbonyl (C=O) groups is 2. The normalized spacial score (nSPS) is 16.2. The van der Waals surface area contributed by atoms with Crippen molar-refractivity contribution in [1.29, 1.82) is 0 Å². The van der Waals surface area contributed by atoms with Crippen LogP contribution in [0.3, 0.4) is 0 Å². The highest BCUT2D eigenvalue weighted by Gasteiger charge is 2.16. The average Bonchev–Trinajstić information content (AvgIpc) is 2.74. The van der Waals surface area contributed by atoms with Crippen LogP contribution in [-0.4, -0.2) is 23.1 Å². The molecule has 1 amide bonds. The van der Waals surface area contributed by atoms with Crippen molar-refractivity contribution in [3.8, 4) is 0 Å². The number of carboxylic acid groups (broad SMARTS) is 1. The minimum absolute atomic E-state index is 0.122. The Labute approximate surface area is 95.1 Å². The van der Waals surface area contributed by atoms with Crippen molar-refractivity contribution in [2.45, 2.75) is 57.5 Å². The summed E-state index contributed by atoms with van der Waals surface area (Å²) in [6.07, 6.45) is 6.11. The van der Waals surface area contributed by atoms with Gasteiger partial charge in [-0.05, 0) is 25.7 Å². The summed E-state index contributed by atoms with van der Waals surface area (Å²) in [4.78, 5) is 26.7. The molecule has 0 spiro atoms. The van der Waals surface area contributed by atoms with E-state index in [1.54, 1.807) is 0 Å². The Morgan fingerprint density at radius 2 is 1.81 bits per heavy atom. The van der Waals surface area contributed by atoms with Gasteiger partial charge in [-0.2, -0.15) is 0 Å². The zero-order chi connectivity index (χ0) is 11.8. The fourth-order valence-electron chi connectivity index (χ4n) is 1.77. The predicted octanol–water partition coefficient (Wildman–Crippen LogP) is 1.62. The van der Waals surface area contributed by atoms with Gasteiger partial charge in [0.2, 0.25) is 5.91 Å². The van der Waals surface area contributed by atoms with E-state index in [4.69, 9.17) is 9.94 Å². The molecule has 1 aliphatic rings. The van der Waals surface area contributed by atoms with E-state index in [1.165, 1.54) is 12.8 Å². The maximum atomic E-state index is 11.3. The van der Waals surface area contributed by atoms with Crippen LogP contribution >= 0.6 is 0 Å². The number of hydroxylamine groups is 1. The minimum Gasteiger partial charge on any atom is -0.481 e. The van der Waals surface area contributed by atoms with Crippen molar-refractivity contribution in [1.82, 2.24) is 5.48 Å². The molecule has 1 fully saturated rings. The Balaban J connectivity index is 1.95. The summed E-state index contributed by atoms with van der Waals surface area (Å²) < 4.78 is 0. The first-order valence-electron chi connectivity index (χ1n) is 5.85. The van der Waals surface area contributed by atoms with Gasteiger partial charge in [0.25, 0.3) is 0 Å². The lowest BCUT2D eigenvalue weighted by atomic mass is 10.2. The van der Waals surface area contributed by atoms with E-state index in [2.05, 4.69) is 5.48 Å². The second kappa shape index (κ2) is 7.22. The second-order valence-electron chi connectivity index (χ2n) is 4.15. The van der Waals surface area contributed by atoms with Crippen molar-refractivity contribution < 1.29 is 19.5 Å². The van der Waals surface area contributed by atoms with Crippen LogP contribution in [0.15, 0.2) is 0 Å². The van der Waals surface area contributed by atoms with Gasteiger partial charge in [-0.3, -0.25) is 14.4 Å². The zero-order valence-electron chi connectivity index (χ0n) is 9.41. The smallest absolute Gasteiger partial charge is 0.303 e. The molecule has 1 saturated carbocycles. The molecule has 92 valence electrons. The second-order valence-corrected chi connectivity index (χ2v) is 4.15. The minimum atomic E-state index is -0.817. The Morgan fingerprint density at radius 1 is 1.19 bits per heavy atom. The number of aliphatic carboxylic acids is 1. The molecule has 0 heterocycles. The molecular formula is C11H19NO4. The fraction of sp³-hybridized carbons (Fsp3) is 0.818. The summed E-state index contributed by atoms with van der Waals surface area (Å²) in [5.74, 6) is -0.972. The number of hydrogen-bond donors (Lipinski definition) is 2. The number of unbranched alkanes of at least 4 members (excludes halogenated alkanes) is 1. The molecule has 0 aromatic carbocycles. The van der Waals surface area contributed by atoms with Crippen molar-refractivity contribution in [3.05, 3.63) is 0 Å². The Bertz CT molecular complexity index is 236. The highest BCUT2D eigenvalue weighted by molar-refractivity contribution is 5.74. The van der Waals surface area contributed by atoms with Crippen molar-refractivity contribution in [2.24, 2.45) is 0 Å². The molecule has 5 nitrogen and oxygen atoms in total. The molecule has 1 rings (SSSR count). The summed E-state index contributed by atoms with van der Waals surface area (Å²) in [5.41, 5.74) is 2.43. The van der Waals surface area contributed by atoms with Crippen LogP contribution < -0.4 is 5.48 Å². The monoisotopic (exact) mass is 229 g/mol. The van der Waals surface area contributed by atoms with Gasteiger partial charge < -0.3 is 5.11 Å². The van der Waals surface area contributed by atoms with Gasteiger partial charge in [0.05, 0.1) is 6.10 Å². The topological polar surface area (TPSA) is 75.6 Å². The molecule has 16 heavy (non-hydrogen) atoms. The maximum Gasteiger partial charge on any atom is 0.303 e. The average molecular weight is 229 g/mol. The largest absolute Gasteiger partial charge is 0.481 e. The fourth-order valence-corrected chi connectivity index (χ4v) is 1.77. The predicted molar refractivity (Wildman–Crippen MR) is 57.6 cm³/mol. The van der Waals surface area contributed by atoms with Crippen LogP contribution in [0.5, 0.6) is 0 Å². The van der Waals surface area contributed by atoms with Crippen LogP contribution in [0.25, 0.3) is 0 Å². The molecule has 0 atom stereocenters. The van der Waals surface area contributed by atoms with E-state index >= 15 is 0 Å². The third-order valence-corrected chi connectivity index (χ3v) is 2.69. The summed E-state index contributed by atoms with van der Waals surface area (Å²) in [7, 11) is 0. The van der Waals surface area contributed by atoms with E-state index < -0.39 is 5.97 Å². The number of rotatable bonds is 7. The molecule has 1 aliphatic carbocycles. The van der Waals surface area contributed by atoms with E-state index in [9.17, 15) is 9.59 Å². The number of carbonyl (C=O) groups excluding carboxylic acids is 1. The quantitative estimate of drug-likeness (QED) is 0.514.